The van der Waals surface area contributed by atoms with Crippen molar-refractivity contribution in [3.05, 3.63) is 18.7 Å². The second-order valence-corrected chi connectivity index (χ2v) is 5.87. The zero-order valence-corrected chi connectivity index (χ0v) is 11.7. The van der Waals surface area contributed by atoms with E-state index in [9.17, 15) is 13.2 Å². The number of halogens is 3. The Kier molecular flexibility index (Phi) is 5.07. The first-order chi connectivity index (χ1) is 9.45. The first-order valence-electron chi connectivity index (χ1n) is 7.21. The minimum Gasteiger partial charge on any atom is -0.337 e. The normalized spacial score (nSPS) is 25.6. The average Bonchev–Trinajstić information content (AvgIpc) is 2.88. The number of hydrogen-bond donors (Lipinski definition) is 1. The van der Waals surface area contributed by atoms with Gasteiger partial charge in [0.15, 0.2) is 0 Å². The summed E-state index contributed by atoms with van der Waals surface area (Å²) in [5.41, 5.74) is 0. The standard InChI is InChI=1S/C14H22F3N3/c1-11(9-20-6-5-18-10-20)8-19-13-4-2-3-12(7-13)14(15,16)17/h5-6,10-13,19H,2-4,7-9H2,1H3/t11-,12+,13-/m1/s1. The summed E-state index contributed by atoms with van der Waals surface area (Å²) < 4.78 is 40.2. The summed E-state index contributed by atoms with van der Waals surface area (Å²) in [6.07, 6.45) is 3.38. The largest absolute Gasteiger partial charge is 0.391 e. The highest BCUT2D eigenvalue weighted by atomic mass is 19.4. The van der Waals surface area contributed by atoms with Gasteiger partial charge in [0.25, 0.3) is 0 Å². The molecule has 0 amide bonds. The molecule has 1 N–H and O–H groups in total. The second kappa shape index (κ2) is 6.61. The molecular formula is C14H22F3N3. The first kappa shape index (κ1) is 15.4. The Bertz CT molecular complexity index is 389. The van der Waals surface area contributed by atoms with Crippen molar-refractivity contribution in [2.75, 3.05) is 6.54 Å². The van der Waals surface area contributed by atoms with E-state index in [1.165, 1.54) is 0 Å². The van der Waals surface area contributed by atoms with Crippen LogP contribution in [0.2, 0.25) is 0 Å². The fraction of sp³-hybridized carbons (Fsp3) is 0.786. The Labute approximate surface area is 117 Å². The molecule has 3 nitrogen and oxygen atoms in total. The molecule has 20 heavy (non-hydrogen) atoms. The van der Waals surface area contributed by atoms with Gasteiger partial charge in [0.1, 0.15) is 0 Å². The van der Waals surface area contributed by atoms with Gasteiger partial charge in [-0.25, -0.2) is 4.98 Å². The van der Waals surface area contributed by atoms with Crippen LogP contribution < -0.4 is 5.32 Å². The number of imidazole rings is 1. The number of aromatic nitrogens is 2. The van der Waals surface area contributed by atoms with Gasteiger partial charge in [0.2, 0.25) is 0 Å². The molecule has 2 rings (SSSR count). The molecule has 0 aliphatic heterocycles. The summed E-state index contributed by atoms with van der Waals surface area (Å²) in [5.74, 6) is -0.756. The molecule has 0 bridgehead atoms. The van der Waals surface area contributed by atoms with E-state index in [2.05, 4.69) is 17.2 Å². The van der Waals surface area contributed by atoms with Crippen LogP contribution in [0.5, 0.6) is 0 Å². The van der Waals surface area contributed by atoms with Gasteiger partial charge in [-0.15, -0.1) is 0 Å². The van der Waals surface area contributed by atoms with Gasteiger partial charge < -0.3 is 9.88 Å². The van der Waals surface area contributed by atoms with Gasteiger partial charge in [-0.3, -0.25) is 0 Å². The zero-order valence-electron chi connectivity index (χ0n) is 11.7. The quantitative estimate of drug-likeness (QED) is 0.902. The third-order valence-electron chi connectivity index (χ3n) is 3.97. The van der Waals surface area contributed by atoms with Crippen molar-refractivity contribution in [1.29, 1.82) is 0 Å². The summed E-state index contributed by atoms with van der Waals surface area (Å²) >= 11 is 0. The van der Waals surface area contributed by atoms with E-state index in [4.69, 9.17) is 0 Å². The van der Waals surface area contributed by atoms with E-state index in [0.29, 0.717) is 12.3 Å². The molecule has 0 unspecified atom stereocenters. The second-order valence-electron chi connectivity index (χ2n) is 5.87. The molecule has 1 fully saturated rings. The molecule has 1 saturated carbocycles. The molecule has 6 heteroatoms. The van der Waals surface area contributed by atoms with Gasteiger partial charge in [0.05, 0.1) is 12.2 Å². The van der Waals surface area contributed by atoms with Crippen LogP contribution >= 0.6 is 0 Å². The predicted molar refractivity (Wildman–Crippen MR) is 71.2 cm³/mol. The Morgan fingerprint density at radius 3 is 2.85 bits per heavy atom. The summed E-state index contributed by atoms with van der Waals surface area (Å²) in [7, 11) is 0. The van der Waals surface area contributed by atoms with Gasteiger partial charge in [-0.05, 0) is 31.7 Å². The summed E-state index contributed by atoms with van der Waals surface area (Å²) in [6, 6.07) is 0.000567. The molecule has 1 aromatic rings. The third-order valence-corrected chi connectivity index (χ3v) is 3.97. The summed E-state index contributed by atoms with van der Waals surface area (Å²) in [6.45, 7) is 3.67. The first-order valence-corrected chi connectivity index (χ1v) is 7.21. The Balaban J connectivity index is 1.73. The number of nitrogens with one attached hydrogen (secondary N) is 1. The highest BCUT2D eigenvalue weighted by Gasteiger charge is 2.41. The van der Waals surface area contributed by atoms with E-state index in [1.807, 2.05) is 10.8 Å². The zero-order chi connectivity index (χ0) is 14.6. The molecular weight excluding hydrogens is 267 g/mol. The molecule has 1 heterocycles. The lowest BCUT2D eigenvalue weighted by Crippen LogP contribution is -2.40. The van der Waals surface area contributed by atoms with E-state index in [1.54, 1.807) is 12.5 Å². The lowest BCUT2D eigenvalue weighted by Gasteiger charge is -2.31. The maximum absolute atomic E-state index is 12.7. The lowest BCUT2D eigenvalue weighted by atomic mass is 9.85. The van der Waals surface area contributed by atoms with Crippen LogP contribution in [0.1, 0.15) is 32.6 Å². The molecule has 0 spiro atoms. The van der Waals surface area contributed by atoms with Crippen molar-refractivity contribution >= 4 is 0 Å². The average molecular weight is 289 g/mol. The smallest absolute Gasteiger partial charge is 0.337 e. The topological polar surface area (TPSA) is 29.9 Å². The van der Waals surface area contributed by atoms with Crippen molar-refractivity contribution in [1.82, 2.24) is 14.9 Å². The molecule has 1 aliphatic rings. The number of hydrogen-bond acceptors (Lipinski definition) is 2. The van der Waals surface area contributed by atoms with Crippen molar-refractivity contribution in [3.8, 4) is 0 Å². The van der Waals surface area contributed by atoms with Crippen LogP contribution in [0.4, 0.5) is 13.2 Å². The highest BCUT2D eigenvalue weighted by Crippen LogP contribution is 2.37. The van der Waals surface area contributed by atoms with E-state index >= 15 is 0 Å². The summed E-state index contributed by atoms with van der Waals surface area (Å²) in [4.78, 5) is 3.98. The molecule has 0 aromatic carbocycles. The molecule has 114 valence electrons. The van der Waals surface area contributed by atoms with Crippen LogP contribution in [-0.4, -0.2) is 28.3 Å². The minimum absolute atomic E-state index is 0.000567. The number of nitrogens with zero attached hydrogens (tertiary/aromatic N) is 2. The summed E-state index contributed by atoms with van der Waals surface area (Å²) in [5, 5.41) is 3.30. The lowest BCUT2D eigenvalue weighted by molar-refractivity contribution is -0.183. The van der Waals surface area contributed by atoms with Crippen LogP contribution in [0, 0.1) is 11.8 Å². The molecule has 3 atom stereocenters. The molecule has 1 aliphatic carbocycles. The Morgan fingerprint density at radius 1 is 1.40 bits per heavy atom. The molecule has 0 radical (unpaired) electrons. The highest BCUT2D eigenvalue weighted by molar-refractivity contribution is 4.82. The third kappa shape index (κ3) is 4.51. The van der Waals surface area contributed by atoms with E-state index in [0.717, 1.165) is 19.5 Å². The maximum Gasteiger partial charge on any atom is 0.391 e. The van der Waals surface area contributed by atoms with Gasteiger partial charge in [-0.1, -0.05) is 13.3 Å². The SMILES string of the molecule is C[C@H](CN[C@@H]1CCC[C@H](C(F)(F)F)C1)Cn1ccnc1. The number of rotatable bonds is 5. The fourth-order valence-corrected chi connectivity index (χ4v) is 2.86. The minimum atomic E-state index is -4.04. The van der Waals surface area contributed by atoms with Crippen molar-refractivity contribution in [3.63, 3.8) is 0 Å². The maximum atomic E-state index is 12.7. The van der Waals surface area contributed by atoms with Crippen LogP contribution in [0.3, 0.4) is 0 Å². The van der Waals surface area contributed by atoms with Crippen molar-refractivity contribution in [2.45, 2.75) is 51.4 Å². The van der Waals surface area contributed by atoms with Crippen LogP contribution in [-0.2, 0) is 6.54 Å². The monoisotopic (exact) mass is 289 g/mol. The van der Waals surface area contributed by atoms with E-state index < -0.39 is 12.1 Å². The Hall–Kier alpha value is -1.04. The molecule has 0 saturated heterocycles. The fourth-order valence-electron chi connectivity index (χ4n) is 2.86. The number of alkyl halides is 3. The van der Waals surface area contributed by atoms with Crippen molar-refractivity contribution < 1.29 is 13.2 Å². The Morgan fingerprint density at radius 2 is 2.20 bits per heavy atom. The van der Waals surface area contributed by atoms with Crippen LogP contribution in [0.25, 0.3) is 0 Å². The van der Waals surface area contributed by atoms with Crippen molar-refractivity contribution in [2.24, 2.45) is 11.8 Å². The molecule has 1 aromatic heterocycles. The van der Waals surface area contributed by atoms with Gasteiger partial charge in [-0.2, -0.15) is 13.2 Å². The van der Waals surface area contributed by atoms with Crippen LogP contribution in [0.15, 0.2) is 18.7 Å². The van der Waals surface area contributed by atoms with E-state index in [-0.39, 0.29) is 18.9 Å². The van der Waals surface area contributed by atoms with Gasteiger partial charge in [0, 0.05) is 25.0 Å². The predicted octanol–water partition coefficient (Wildman–Crippen LogP) is 3.23. The van der Waals surface area contributed by atoms with Gasteiger partial charge >= 0.3 is 6.18 Å².